The molecule has 1 aromatic carbocycles. The Morgan fingerprint density at radius 1 is 1.35 bits per heavy atom. The summed E-state index contributed by atoms with van der Waals surface area (Å²) >= 11 is 0. The van der Waals surface area contributed by atoms with Crippen molar-refractivity contribution in [2.75, 3.05) is 0 Å². The smallest absolute Gasteiger partial charge is 0.228 e. The van der Waals surface area contributed by atoms with E-state index in [-0.39, 0.29) is 18.4 Å². The van der Waals surface area contributed by atoms with Crippen molar-refractivity contribution >= 4 is 16.9 Å². The SMILES string of the molecule is Cc1cc(CC(=O)NCc2nc3ccccc3n2C(C)C)on1. The molecule has 0 bridgehead atoms. The molecular weight excluding hydrogens is 292 g/mol. The van der Waals surface area contributed by atoms with Gasteiger partial charge in [0.05, 0.1) is 29.7 Å². The molecule has 0 spiro atoms. The lowest BCUT2D eigenvalue weighted by molar-refractivity contribution is -0.120. The summed E-state index contributed by atoms with van der Waals surface area (Å²) in [5, 5.41) is 6.69. The number of carbonyl (C=O) groups excluding carboxylic acids is 1. The van der Waals surface area contributed by atoms with E-state index in [1.165, 1.54) is 0 Å². The third-order valence-corrected chi connectivity index (χ3v) is 3.64. The van der Waals surface area contributed by atoms with E-state index in [1.807, 2.05) is 31.2 Å². The van der Waals surface area contributed by atoms with Gasteiger partial charge in [0.1, 0.15) is 11.6 Å². The first-order chi connectivity index (χ1) is 11.0. The maximum Gasteiger partial charge on any atom is 0.228 e. The van der Waals surface area contributed by atoms with E-state index in [0.29, 0.717) is 12.3 Å². The molecule has 1 amide bonds. The molecule has 6 heteroatoms. The number of fused-ring (bicyclic) bond motifs is 1. The molecule has 2 heterocycles. The molecule has 1 N–H and O–H groups in total. The van der Waals surface area contributed by atoms with Crippen LogP contribution in [0.1, 0.15) is 37.2 Å². The van der Waals surface area contributed by atoms with Gasteiger partial charge in [0, 0.05) is 12.1 Å². The van der Waals surface area contributed by atoms with Crippen molar-refractivity contribution in [3.8, 4) is 0 Å². The quantitative estimate of drug-likeness (QED) is 0.786. The molecule has 0 aliphatic rings. The summed E-state index contributed by atoms with van der Waals surface area (Å²) in [6.45, 7) is 6.43. The molecule has 23 heavy (non-hydrogen) atoms. The standard InChI is InChI=1S/C17H20N4O2/c1-11(2)21-15-7-5-4-6-14(15)19-16(21)10-18-17(22)9-13-8-12(3)20-23-13/h4-8,11H,9-10H2,1-3H3,(H,18,22). The molecule has 3 rings (SSSR count). The Labute approximate surface area is 134 Å². The van der Waals surface area contributed by atoms with E-state index in [2.05, 4.69) is 33.9 Å². The number of nitrogens with one attached hydrogen (secondary N) is 1. The maximum atomic E-state index is 12.1. The third kappa shape index (κ3) is 3.26. The average molecular weight is 312 g/mol. The minimum atomic E-state index is -0.108. The van der Waals surface area contributed by atoms with Gasteiger partial charge in [-0.2, -0.15) is 0 Å². The minimum Gasteiger partial charge on any atom is -0.361 e. The predicted octanol–water partition coefficient (Wildman–Crippen LogP) is 2.77. The Hall–Kier alpha value is -2.63. The van der Waals surface area contributed by atoms with Gasteiger partial charge in [-0.05, 0) is 32.9 Å². The molecule has 120 valence electrons. The van der Waals surface area contributed by atoms with Crippen molar-refractivity contribution in [1.29, 1.82) is 0 Å². The number of hydrogen-bond acceptors (Lipinski definition) is 4. The zero-order valence-electron chi connectivity index (χ0n) is 13.5. The predicted molar refractivity (Wildman–Crippen MR) is 86.9 cm³/mol. The van der Waals surface area contributed by atoms with E-state index in [1.54, 1.807) is 6.07 Å². The van der Waals surface area contributed by atoms with Crippen molar-refractivity contribution in [2.45, 2.75) is 39.8 Å². The number of nitrogens with zero attached hydrogens (tertiary/aromatic N) is 3. The fourth-order valence-corrected chi connectivity index (χ4v) is 2.69. The van der Waals surface area contributed by atoms with Gasteiger partial charge in [-0.1, -0.05) is 17.3 Å². The lowest BCUT2D eigenvalue weighted by atomic mass is 10.3. The Morgan fingerprint density at radius 3 is 2.83 bits per heavy atom. The van der Waals surface area contributed by atoms with Crippen LogP contribution in [-0.4, -0.2) is 20.6 Å². The highest BCUT2D eigenvalue weighted by Crippen LogP contribution is 2.20. The second-order valence-electron chi connectivity index (χ2n) is 5.87. The summed E-state index contributed by atoms with van der Waals surface area (Å²) in [6, 6.07) is 10.0. The molecule has 0 atom stereocenters. The van der Waals surface area contributed by atoms with Crippen LogP contribution >= 0.6 is 0 Å². The summed E-state index contributed by atoms with van der Waals surface area (Å²) in [4.78, 5) is 16.7. The molecule has 2 aromatic heterocycles. The van der Waals surface area contributed by atoms with Crippen LogP contribution in [0.3, 0.4) is 0 Å². The number of imidazole rings is 1. The number of hydrogen-bond donors (Lipinski definition) is 1. The van der Waals surface area contributed by atoms with Gasteiger partial charge < -0.3 is 14.4 Å². The molecule has 0 saturated carbocycles. The first-order valence-electron chi connectivity index (χ1n) is 7.69. The van der Waals surface area contributed by atoms with Crippen molar-refractivity contribution < 1.29 is 9.32 Å². The minimum absolute atomic E-state index is 0.108. The van der Waals surface area contributed by atoms with Crippen molar-refractivity contribution in [3.63, 3.8) is 0 Å². The number of rotatable bonds is 5. The zero-order chi connectivity index (χ0) is 16.4. The first-order valence-corrected chi connectivity index (χ1v) is 7.69. The van der Waals surface area contributed by atoms with Crippen molar-refractivity contribution in [1.82, 2.24) is 20.0 Å². The van der Waals surface area contributed by atoms with Gasteiger partial charge in [0.2, 0.25) is 5.91 Å². The Morgan fingerprint density at radius 2 is 2.13 bits per heavy atom. The van der Waals surface area contributed by atoms with Gasteiger partial charge in [-0.25, -0.2) is 4.98 Å². The van der Waals surface area contributed by atoms with Crippen LogP contribution in [0.15, 0.2) is 34.9 Å². The molecule has 0 aliphatic carbocycles. The first kappa shape index (κ1) is 15.3. The second-order valence-corrected chi connectivity index (χ2v) is 5.87. The highest BCUT2D eigenvalue weighted by atomic mass is 16.5. The van der Waals surface area contributed by atoms with Crippen LogP contribution in [0.25, 0.3) is 11.0 Å². The monoisotopic (exact) mass is 312 g/mol. The van der Waals surface area contributed by atoms with Crippen molar-refractivity contribution in [2.24, 2.45) is 0 Å². The Bertz CT molecular complexity index is 832. The van der Waals surface area contributed by atoms with Crippen LogP contribution in [0.5, 0.6) is 0 Å². The number of benzene rings is 1. The highest BCUT2D eigenvalue weighted by Gasteiger charge is 2.14. The lowest BCUT2D eigenvalue weighted by Gasteiger charge is -2.13. The Kier molecular flexibility index (Phi) is 4.14. The largest absolute Gasteiger partial charge is 0.361 e. The summed E-state index contributed by atoms with van der Waals surface area (Å²) < 4.78 is 7.21. The van der Waals surface area contributed by atoms with Gasteiger partial charge >= 0.3 is 0 Å². The van der Waals surface area contributed by atoms with Crippen LogP contribution in [0, 0.1) is 6.92 Å². The molecule has 0 aliphatic heterocycles. The number of amides is 1. The summed E-state index contributed by atoms with van der Waals surface area (Å²) in [5.41, 5.74) is 2.79. The van der Waals surface area contributed by atoms with Crippen LogP contribution in [-0.2, 0) is 17.8 Å². The van der Waals surface area contributed by atoms with E-state index < -0.39 is 0 Å². The van der Waals surface area contributed by atoms with Crippen molar-refractivity contribution in [3.05, 3.63) is 47.6 Å². The fraction of sp³-hybridized carbons (Fsp3) is 0.353. The van der Waals surface area contributed by atoms with E-state index in [9.17, 15) is 4.79 Å². The van der Waals surface area contributed by atoms with Gasteiger partial charge in [-0.15, -0.1) is 0 Å². The molecule has 6 nitrogen and oxygen atoms in total. The zero-order valence-corrected chi connectivity index (χ0v) is 13.5. The molecule has 3 aromatic rings. The molecule has 0 radical (unpaired) electrons. The van der Waals surface area contributed by atoms with Crippen LogP contribution in [0.2, 0.25) is 0 Å². The molecule has 0 fully saturated rings. The molecular formula is C17H20N4O2. The molecule has 0 saturated heterocycles. The van der Waals surface area contributed by atoms with E-state index in [4.69, 9.17) is 4.52 Å². The number of carbonyl (C=O) groups is 1. The van der Waals surface area contributed by atoms with E-state index >= 15 is 0 Å². The third-order valence-electron chi connectivity index (χ3n) is 3.64. The number of aryl methyl sites for hydroxylation is 1. The molecule has 0 unspecified atom stereocenters. The average Bonchev–Trinajstić information content (AvgIpc) is 3.08. The second kappa shape index (κ2) is 6.24. The normalized spacial score (nSPS) is 11.3. The van der Waals surface area contributed by atoms with Crippen LogP contribution < -0.4 is 5.32 Å². The lowest BCUT2D eigenvalue weighted by Crippen LogP contribution is -2.26. The highest BCUT2D eigenvalue weighted by molar-refractivity contribution is 5.78. The fourth-order valence-electron chi connectivity index (χ4n) is 2.69. The van der Waals surface area contributed by atoms with Gasteiger partial charge in [-0.3, -0.25) is 4.79 Å². The number of aromatic nitrogens is 3. The maximum absolute atomic E-state index is 12.1. The van der Waals surface area contributed by atoms with Crippen LogP contribution in [0.4, 0.5) is 0 Å². The summed E-state index contributed by atoms with van der Waals surface area (Å²) in [6.07, 6.45) is 0.183. The Balaban J connectivity index is 1.73. The van der Waals surface area contributed by atoms with Gasteiger partial charge in [0.25, 0.3) is 0 Å². The van der Waals surface area contributed by atoms with Gasteiger partial charge in [0.15, 0.2) is 0 Å². The summed E-state index contributed by atoms with van der Waals surface area (Å²) in [7, 11) is 0. The van der Waals surface area contributed by atoms with E-state index in [0.717, 1.165) is 22.6 Å². The number of para-hydroxylation sites is 2. The summed E-state index contributed by atoms with van der Waals surface area (Å²) in [5.74, 6) is 1.31. The topological polar surface area (TPSA) is 73.0 Å².